The van der Waals surface area contributed by atoms with E-state index < -0.39 is 17.6 Å². The quantitative estimate of drug-likeness (QED) is 0.737. The summed E-state index contributed by atoms with van der Waals surface area (Å²) in [5.74, 6) is -0.187. The number of fused-ring (bicyclic) bond motifs is 3. The molecule has 0 unspecified atom stereocenters. The Balaban J connectivity index is 1.95. The molecular weight excluding hydrogens is 371 g/mol. The summed E-state index contributed by atoms with van der Waals surface area (Å²) in [7, 11) is 1.45. The summed E-state index contributed by atoms with van der Waals surface area (Å²) in [6.45, 7) is 0.0737. The Hall–Kier alpha value is -3.49. The van der Waals surface area contributed by atoms with Crippen molar-refractivity contribution >= 4 is 11.6 Å². The van der Waals surface area contributed by atoms with Crippen molar-refractivity contribution < 1.29 is 18.0 Å². The van der Waals surface area contributed by atoms with E-state index in [1.54, 1.807) is 24.3 Å². The Labute approximate surface area is 157 Å². The van der Waals surface area contributed by atoms with Crippen molar-refractivity contribution in [1.29, 1.82) is 0 Å². The van der Waals surface area contributed by atoms with Crippen LogP contribution in [0, 0.1) is 0 Å². The molecule has 1 amide bonds. The summed E-state index contributed by atoms with van der Waals surface area (Å²) in [6.07, 6.45) is -4.50. The first-order valence-corrected chi connectivity index (χ1v) is 8.38. The van der Waals surface area contributed by atoms with Crippen molar-refractivity contribution in [3.05, 3.63) is 76.9 Å². The third kappa shape index (κ3) is 3.04. The smallest absolute Gasteiger partial charge is 0.352 e. The van der Waals surface area contributed by atoms with Crippen LogP contribution in [0.5, 0.6) is 0 Å². The lowest BCUT2D eigenvalue weighted by molar-refractivity contribution is -0.137. The number of aromatic nitrogens is 3. The number of aliphatic imine (C=N–C) groups is 1. The molecule has 0 radical (unpaired) electrons. The molecule has 142 valence electrons. The molecule has 0 aliphatic carbocycles. The average molecular weight is 385 g/mol. The molecule has 6 nitrogen and oxygen atoms in total. The highest BCUT2D eigenvalue weighted by atomic mass is 19.4. The van der Waals surface area contributed by atoms with E-state index in [1.807, 2.05) is 6.07 Å². The van der Waals surface area contributed by atoms with Crippen molar-refractivity contribution in [2.24, 2.45) is 4.99 Å². The largest absolute Gasteiger partial charge is 0.416 e. The topological polar surface area (TPSA) is 72.2 Å². The molecule has 2 heterocycles. The molecule has 28 heavy (non-hydrogen) atoms. The number of carbonyl (C=O) groups is 1. The first kappa shape index (κ1) is 17.9. The number of alkyl halides is 3. The molecule has 0 saturated heterocycles. The molecule has 9 heteroatoms. The number of carbonyl (C=O) groups excluding carboxylic acids is 1. The van der Waals surface area contributed by atoms with Crippen LogP contribution in [0.3, 0.4) is 0 Å². The molecular formula is C19H14F3N5O. The molecule has 1 aliphatic heterocycles. The van der Waals surface area contributed by atoms with Crippen LogP contribution in [0.1, 0.15) is 33.1 Å². The Morgan fingerprint density at radius 2 is 1.89 bits per heavy atom. The summed E-state index contributed by atoms with van der Waals surface area (Å²) in [5, 5.41) is 6.61. The zero-order chi connectivity index (χ0) is 19.9. The molecule has 0 spiro atoms. The number of rotatable bonds is 2. The van der Waals surface area contributed by atoms with Crippen LogP contribution < -0.4 is 5.32 Å². The Morgan fingerprint density at radius 3 is 2.57 bits per heavy atom. The van der Waals surface area contributed by atoms with Crippen LogP contribution in [0.4, 0.5) is 13.2 Å². The molecule has 1 aromatic heterocycles. The van der Waals surface area contributed by atoms with E-state index in [-0.39, 0.29) is 17.9 Å². The fourth-order valence-electron chi connectivity index (χ4n) is 3.01. The van der Waals surface area contributed by atoms with E-state index >= 15 is 0 Å². The molecule has 3 aromatic rings. The number of nitrogens with zero attached hydrogens (tertiary/aromatic N) is 4. The minimum atomic E-state index is -4.50. The van der Waals surface area contributed by atoms with E-state index in [4.69, 9.17) is 0 Å². The van der Waals surface area contributed by atoms with Gasteiger partial charge in [0, 0.05) is 18.2 Å². The van der Waals surface area contributed by atoms with Crippen LogP contribution in [0.15, 0.2) is 53.5 Å². The summed E-state index contributed by atoms with van der Waals surface area (Å²) in [5.41, 5.74) is 0.958. The second-order valence-corrected chi connectivity index (χ2v) is 6.10. The van der Waals surface area contributed by atoms with Gasteiger partial charge >= 0.3 is 6.18 Å². The van der Waals surface area contributed by atoms with Crippen molar-refractivity contribution in [3.63, 3.8) is 0 Å². The van der Waals surface area contributed by atoms with E-state index in [9.17, 15) is 18.0 Å². The molecule has 1 N–H and O–H groups in total. The normalized spacial score (nSPS) is 13.2. The van der Waals surface area contributed by atoms with Gasteiger partial charge in [0.1, 0.15) is 0 Å². The highest BCUT2D eigenvalue weighted by Crippen LogP contribution is 2.33. The molecule has 0 saturated carbocycles. The van der Waals surface area contributed by atoms with Gasteiger partial charge in [-0.1, -0.05) is 30.3 Å². The number of hydrogen-bond acceptors (Lipinski definition) is 4. The van der Waals surface area contributed by atoms with Gasteiger partial charge in [-0.05, 0) is 18.2 Å². The van der Waals surface area contributed by atoms with Gasteiger partial charge in [0.15, 0.2) is 5.82 Å². The monoisotopic (exact) mass is 385 g/mol. The lowest BCUT2D eigenvalue weighted by atomic mass is 9.98. The van der Waals surface area contributed by atoms with Crippen LogP contribution in [0.25, 0.3) is 5.69 Å². The Kier molecular flexibility index (Phi) is 4.21. The first-order chi connectivity index (χ1) is 13.4. The van der Waals surface area contributed by atoms with Crippen LogP contribution >= 0.6 is 0 Å². The van der Waals surface area contributed by atoms with Gasteiger partial charge in [0.2, 0.25) is 5.82 Å². The standard InChI is InChI=1S/C19H14F3N5O/c1-23-18(28)17-25-15-10-24-16(11-5-3-2-4-6-11)13-9-12(19(20,21)22)7-8-14(13)27(15)26-17/h2-9H,10H2,1H3,(H,23,28). The second kappa shape index (κ2) is 6.59. The first-order valence-electron chi connectivity index (χ1n) is 8.38. The van der Waals surface area contributed by atoms with Crippen LogP contribution in [-0.4, -0.2) is 33.4 Å². The predicted molar refractivity (Wildman–Crippen MR) is 95.5 cm³/mol. The Bertz CT molecular complexity index is 1090. The van der Waals surface area contributed by atoms with Gasteiger partial charge in [-0.2, -0.15) is 13.2 Å². The zero-order valence-electron chi connectivity index (χ0n) is 14.7. The minimum absolute atomic E-state index is 0.0679. The van der Waals surface area contributed by atoms with Gasteiger partial charge < -0.3 is 5.32 Å². The third-order valence-corrected chi connectivity index (χ3v) is 4.34. The van der Waals surface area contributed by atoms with Crippen LogP contribution in [0.2, 0.25) is 0 Å². The second-order valence-electron chi connectivity index (χ2n) is 6.10. The van der Waals surface area contributed by atoms with Gasteiger partial charge in [-0.15, -0.1) is 5.10 Å². The fraction of sp³-hybridized carbons (Fsp3) is 0.158. The SMILES string of the molecule is CNC(=O)c1nc2n(n1)-c1ccc(C(F)(F)F)cc1C(c1ccccc1)=NC2. The molecule has 1 aliphatic rings. The minimum Gasteiger partial charge on any atom is -0.352 e. The number of amides is 1. The summed E-state index contributed by atoms with van der Waals surface area (Å²) < 4.78 is 41.3. The Morgan fingerprint density at radius 1 is 1.14 bits per heavy atom. The summed E-state index contributed by atoms with van der Waals surface area (Å²) in [4.78, 5) is 20.5. The molecule has 4 rings (SSSR count). The van der Waals surface area contributed by atoms with E-state index in [1.165, 1.54) is 17.8 Å². The third-order valence-electron chi connectivity index (χ3n) is 4.34. The average Bonchev–Trinajstić information content (AvgIpc) is 3.05. The highest BCUT2D eigenvalue weighted by molar-refractivity contribution is 6.15. The predicted octanol–water partition coefficient (Wildman–Crippen LogP) is 3.00. The van der Waals surface area contributed by atoms with E-state index in [0.29, 0.717) is 22.8 Å². The van der Waals surface area contributed by atoms with Crippen molar-refractivity contribution in [2.45, 2.75) is 12.7 Å². The molecule has 0 bridgehead atoms. The van der Waals surface area contributed by atoms with Gasteiger partial charge in [-0.25, -0.2) is 9.67 Å². The van der Waals surface area contributed by atoms with Gasteiger partial charge in [-0.3, -0.25) is 9.79 Å². The van der Waals surface area contributed by atoms with Crippen molar-refractivity contribution in [2.75, 3.05) is 7.05 Å². The number of halogens is 3. The maximum absolute atomic E-state index is 13.3. The van der Waals surface area contributed by atoms with Crippen molar-refractivity contribution in [3.8, 4) is 5.69 Å². The van der Waals surface area contributed by atoms with Crippen molar-refractivity contribution in [1.82, 2.24) is 20.1 Å². The summed E-state index contributed by atoms with van der Waals surface area (Å²) >= 11 is 0. The van der Waals surface area contributed by atoms with E-state index in [0.717, 1.165) is 12.1 Å². The lowest BCUT2D eigenvalue weighted by Crippen LogP contribution is -2.20. The van der Waals surface area contributed by atoms with Gasteiger partial charge in [0.25, 0.3) is 5.91 Å². The number of benzene rings is 2. The van der Waals surface area contributed by atoms with Gasteiger partial charge in [0.05, 0.1) is 23.5 Å². The molecule has 0 atom stereocenters. The number of nitrogens with one attached hydrogen (secondary N) is 1. The fourth-order valence-corrected chi connectivity index (χ4v) is 3.01. The zero-order valence-corrected chi connectivity index (χ0v) is 14.7. The maximum atomic E-state index is 13.3. The highest BCUT2D eigenvalue weighted by Gasteiger charge is 2.33. The van der Waals surface area contributed by atoms with Crippen LogP contribution in [-0.2, 0) is 12.7 Å². The maximum Gasteiger partial charge on any atom is 0.416 e. The molecule has 2 aromatic carbocycles. The van der Waals surface area contributed by atoms with E-state index in [2.05, 4.69) is 20.4 Å². The summed E-state index contributed by atoms with van der Waals surface area (Å²) in [6, 6.07) is 12.3. The number of hydrogen-bond donors (Lipinski definition) is 1. The lowest BCUT2D eigenvalue weighted by Gasteiger charge is -2.14. The molecule has 0 fully saturated rings.